The van der Waals surface area contributed by atoms with Crippen molar-refractivity contribution in [1.82, 2.24) is 5.32 Å². The fourth-order valence-corrected chi connectivity index (χ4v) is 3.18. The monoisotopic (exact) mass is 471 g/mol. The van der Waals surface area contributed by atoms with Gasteiger partial charge in [0.05, 0.1) is 31.4 Å². The van der Waals surface area contributed by atoms with Crippen molar-refractivity contribution in [2.75, 3.05) is 25.7 Å². The first kappa shape index (κ1) is 24.0. The van der Waals surface area contributed by atoms with E-state index in [9.17, 15) is 29.6 Å². The summed E-state index contributed by atoms with van der Waals surface area (Å²) in [5.74, 6) is -2.21. The Morgan fingerprint density at radius 2 is 1.79 bits per heavy atom. The van der Waals surface area contributed by atoms with Gasteiger partial charge in [0.15, 0.2) is 17.2 Å². The van der Waals surface area contributed by atoms with Crippen LogP contribution in [0.5, 0.6) is 23.0 Å². The van der Waals surface area contributed by atoms with E-state index < -0.39 is 39.8 Å². The number of phenolic OH excluding ortho intramolecular Hbond substituents is 1. The van der Waals surface area contributed by atoms with Crippen molar-refractivity contribution < 1.29 is 38.6 Å². The third kappa shape index (κ3) is 4.60. The number of barbiturate groups is 1. The quantitative estimate of drug-likeness (QED) is 0.256. The zero-order valence-electron chi connectivity index (χ0n) is 18.5. The molecule has 1 saturated heterocycles. The lowest BCUT2D eigenvalue weighted by Crippen LogP contribution is -2.54. The molecule has 34 heavy (non-hydrogen) atoms. The summed E-state index contributed by atoms with van der Waals surface area (Å²) in [5, 5.41) is 23.2. The predicted molar refractivity (Wildman–Crippen MR) is 119 cm³/mol. The molecule has 0 radical (unpaired) electrons. The van der Waals surface area contributed by atoms with Crippen molar-refractivity contribution in [3.63, 3.8) is 0 Å². The first-order valence-corrected chi connectivity index (χ1v) is 9.99. The zero-order valence-corrected chi connectivity index (χ0v) is 18.5. The van der Waals surface area contributed by atoms with Crippen LogP contribution < -0.4 is 24.4 Å². The summed E-state index contributed by atoms with van der Waals surface area (Å²) in [4.78, 5) is 49.2. The topological polar surface area (TPSA) is 158 Å². The Kier molecular flexibility index (Phi) is 7.00. The predicted octanol–water partition coefficient (Wildman–Crippen LogP) is 2.77. The number of amides is 4. The van der Waals surface area contributed by atoms with Crippen LogP contribution in [0.1, 0.15) is 18.9 Å². The minimum absolute atomic E-state index is 0.0232. The lowest BCUT2D eigenvalue weighted by Gasteiger charge is -2.27. The maximum absolute atomic E-state index is 13.1. The Hall–Kier alpha value is -4.61. The summed E-state index contributed by atoms with van der Waals surface area (Å²) in [6.45, 7) is 2.36. The summed E-state index contributed by atoms with van der Waals surface area (Å²) in [6.07, 6.45) is 1.82. The maximum Gasteiger partial charge on any atom is 0.335 e. The minimum atomic E-state index is -0.990. The normalized spacial score (nSPS) is 14.7. The molecule has 0 atom stereocenters. The number of carbonyl (C=O) groups excluding carboxylic acids is 3. The molecule has 0 aromatic heterocycles. The number of anilines is 1. The highest BCUT2D eigenvalue weighted by atomic mass is 16.6. The molecule has 1 aliphatic heterocycles. The summed E-state index contributed by atoms with van der Waals surface area (Å²) < 4.78 is 15.8. The molecule has 1 fully saturated rings. The lowest BCUT2D eigenvalue weighted by molar-refractivity contribution is -0.386. The molecular weight excluding hydrogens is 450 g/mol. The molecule has 0 bridgehead atoms. The highest BCUT2D eigenvalue weighted by Crippen LogP contribution is 2.38. The van der Waals surface area contributed by atoms with E-state index in [4.69, 9.17) is 14.2 Å². The van der Waals surface area contributed by atoms with E-state index in [-0.39, 0.29) is 22.7 Å². The fraction of sp³-hybridized carbons (Fsp3) is 0.227. The van der Waals surface area contributed by atoms with Crippen LogP contribution in [-0.2, 0) is 9.59 Å². The highest BCUT2D eigenvalue weighted by molar-refractivity contribution is 6.39. The van der Waals surface area contributed by atoms with E-state index in [1.54, 1.807) is 0 Å². The number of benzene rings is 2. The second-order valence-corrected chi connectivity index (χ2v) is 6.99. The van der Waals surface area contributed by atoms with E-state index >= 15 is 0 Å². The van der Waals surface area contributed by atoms with Gasteiger partial charge in [0.1, 0.15) is 5.57 Å². The molecule has 1 heterocycles. The van der Waals surface area contributed by atoms with Crippen molar-refractivity contribution in [2.45, 2.75) is 13.3 Å². The van der Waals surface area contributed by atoms with Crippen molar-refractivity contribution in [3.8, 4) is 23.0 Å². The molecule has 2 aromatic carbocycles. The number of rotatable bonds is 8. The molecule has 0 saturated carbocycles. The SMILES string of the molecule is CCCOc1ccc(N2C(=O)NC(=O)/C(=C\c3cc(OC)c(O)c([N+](=O)[O-])c3)C2=O)cc1OC. The maximum atomic E-state index is 13.1. The van der Waals surface area contributed by atoms with Gasteiger partial charge in [0.25, 0.3) is 11.8 Å². The summed E-state index contributed by atoms with van der Waals surface area (Å²) >= 11 is 0. The number of nitrogens with zero attached hydrogens (tertiary/aromatic N) is 2. The van der Waals surface area contributed by atoms with E-state index in [0.717, 1.165) is 23.5 Å². The Bertz CT molecular complexity index is 1210. The number of imide groups is 2. The van der Waals surface area contributed by atoms with Crippen molar-refractivity contribution in [3.05, 3.63) is 51.6 Å². The molecule has 3 rings (SSSR count). The van der Waals surface area contributed by atoms with Gasteiger partial charge in [-0.2, -0.15) is 0 Å². The van der Waals surface area contributed by atoms with Crippen LogP contribution in [0.3, 0.4) is 0 Å². The van der Waals surface area contributed by atoms with Crippen LogP contribution in [0.25, 0.3) is 6.08 Å². The van der Waals surface area contributed by atoms with E-state index in [1.165, 1.54) is 38.5 Å². The standard InChI is InChI=1S/C22H21N3O9/c1-4-7-34-16-6-5-13(11-17(16)32-2)24-21(28)14(20(27)23-22(24)29)8-12-9-15(25(30)31)19(26)18(10-12)33-3/h5-6,8-11,26H,4,7H2,1-3H3,(H,23,27,29)/b14-8+. The van der Waals surface area contributed by atoms with Gasteiger partial charge in [-0.15, -0.1) is 0 Å². The molecule has 1 aliphatic rings. The third-order valence-electron chi connectivity index (χ3n) is 4.77. The smallest absolute Gasteiger partial charge is 0.335 e. The molecule has 4 amide bonds. The third-order valence-corrected chi connectivity index (χ3v) is 4.77. The van der Waals surface area contributed by atoms with Crippen molar-refractivity contribution in [2.24, 2.45) is 0 Å². The molecule has 12 heteroatoms. The highest BCUT2D eigenvalue weighted by Gasteiger charge is 2.37. The van der Waals surface area contributed by atoms with Gasteiger partial charge in [0, 0.05) is 12.1 Å². The average Bonchev–Trinajstić information content (AvgIpc) is 2.81. The number of aromatic hydroxyl groups is 1. The first-order valence-electron chi connectivity index (χ1n) is 9.99. The number of urea groups is 1. The fourth-order valence-electron chi connectivity index (χ4n) is 3.18. The Morgan fingerprint density at radius 3 is 2.41 bits per heavy atom. The van der Waals surface area contributed by atoms with Gasteiger partial charge < -0.3 is 19.3 Å². The molecule has 2 N–H and O–H groups in total. The van der Waals surface area contributed by atoms with E-state index in [1.807, 2.05) is 6.92 Å². The summed E-state index contributed by atoms with van der Waals surface area (Å²) in [7, 11) is 2.59. The van der Waals surface area contributed by atoms with Crippen LogP contribution in [0.15, 0.2) is 35.9 Å². The van der Waals surface area contributed by atoms with Gasteiger partial charge in [-0.05, 0) is 36.3 Å². The van der Waals surface area contributed by atoms with Gasteiger partial charge in [-0.1, -0.05) is 6.92 Å². The molecule has 178 valence electrons. The number of nitrogens with one attached hydrogen (secondary N) is 1. The number of phenols is 1. The number of nitro benzene ring substituents is 1. The van der Waals surface area contributed by atoms with Crippen LogP contribution in [0, 0.1) is 10.1 Å². The Labute approximate surface area is 193 Å². The van der Waals surface area contributed by atoms with Crippen molar-refractivity contribution >= 4 is 35.3 Å². The molecule has 12 nitrogen and oxygen atoms in total. The van der Waals surface area contributed by atoms with Crippen LogP contribution in [0.2, 0.25) is 0 Å². The number of nitro groups is 1. The van der Waals surface area contributed by atoms with E-state index in [2.05, 4.69) is 5.32 Å². The Morgan fingerprint density at radius 1 is 1.09 bits per heavy atom. The molecule has 0 unspecified atom stereocenters. The molecule has 0 spiro atoms. The average molecular weight is 471 g/mol. The van der Waals surface area contributed by atoms with Crippen LogP contribution in [0.4, 0.5) is 16.2 Å². The van der Waals surface area contributed by atoms with E-state index in [0.29, 0.717) is 12.4 Å². The second-order valence-electron chi connectivity index (χ2n) is 6.99. The number of hydrogen-bond donors (Lipinski definition) is 2. The number of methoxy groups -OCH3 is 2. The number of hydrogen-bond acceptors (Lipinski definition) is 9. The van der Waals surface area contributed by atoms with Crippen LogP contribution in [-0.4, -0.2) is 48.7 Å². The first-order chi connectivity index (χ1) is 16.2. The van der Waals surface area contributed by atoms with Crippen molar-refractivity contribution in [1.29, 1.82) is 0 Å². The van der Waals surface area contributed by atoms with Gasteiger partial charge in [0.2, 0.25) is 5.75 Å². The molecular formula is C22H21N3O9. The second kappa shape index (κ2) is 9.90. The number of ether oxygens (including phenoxy) is 3. The summed E-state index contributed by atoms with van der Waals surface area (Å²) in [6, 6.07) is 5.58. The minimum Gasteiger partial charge on any atom is -0.500 e. The zero-order chi connectivity index (χ0) is 25.0. The number of carbonyl (C=O) groups is 3. The molecule has 2 aromatic rings. The molecule has 0 aliphatic carbocycles. The van der Waals surface area contributed by atoms with Gasteiger partial charge in [-0.3, -0.25) is 25.0 Å². The summed E-state index contributed by atoms with van der Waals surface area (Å²) in [5.41, 5.74) is -1.02. The Balaban J connectivity index is 2.04. The van der Waals surface area contributed by atoms with Crippen LogP contribution >= 0.6 is 0 Å². The van der Waals surface area contributed by atoms with Gasteiger partial charge in [-0.25, -0.2) is 9.69 Å². The largest absolute Gasteiger partial charge is 0.500 e. The van der Waals surface area contributed by atoms with Gasteiger partial charge >= 0.3 is 11.7 Å². The lowest BCUT2D eigenvalue weighted by atomic mass is 10.1.